The summed E-state index contributed by atoms with van der Waals surface area (Å²) in [6.07, 6.45) is 4.62. The summed E-state index contributed by atoms with van der Waals surface area (Å²) in [6.45, 7) is 2.27. The highest BCUT2D eigenvalue weighted by Crippen LogP contribution is 2.07. The maximum Gasteiger partial charge on any atom is 0.241 e. The topological polar surface area (TPSA) is 17.1 Å². The van der Waals surface area contributed by atoms with Crippen LogP contribution in [-0.4, -0.2) is 11.5 Å². The van der Waals surface area contributed by atoms with E-state index in [1.165, 1.54) is 0 Å². The standard InChI is InChI=1S/C6H7FO/c1-4-5(8)6(2,3)7/h1H,2-3H3. The number of halogens is 1. The summed E-state index contributed by atoms with van der Waals surface area (Å²) < 4.78 is 12.3. The van der Waals surface area contributed by atoms with Gasteiger partial charge in [0, 0.05) is 0 Å². The molecule has 44 valence electrons. The molecule has 0 N–H and O–H groups in total. The quantitative estimate of drug-likeness (QED) is 0.366. The van der Waals surface area contributed by atoms with Crippen LogP contribution in [0.2, 0.25) is 0 Å². The van der Waals surface area contributed by atoms with E-state index in [-0.39, 0.29) is 0 Å². The highest BCUT2D eigenvalue weighted by molar-refractivity contribution is 6.00. The fourth-order valence-corrected chi connectivity index (χ4v) is 0.172. The van der Waals surface area contributed by atoms with Gasteiger partial charge in [-0.1, -0.05) is 0 Å². The van der Waals surface area contributed by atoms with Crippen molar-refractivity contribution in [1.82, 2.24) is 0 Å². The van der Waals surface area contributed by atoms with Crippen LogP contribution in [0.4, 0.5) is 4.39 Å². The van der Waals surface area contributed by atoms with Gasteiger partial charge in [-0.2, -0.15) is 0 Å². The first kappa shape index (κ1) is 7.16. The molecule has 0 heterocycles. The second kappa shape index (κ2) is 1.95. The smallest absolute Gasteiger partial charge is 0.241 e. The minimum atomic E-state index is -1.87. The number of carbonyl (C=O) groups excluding carboxylic acids is 1. The first-order valence-electron chi connectivity index (χ1n) is 2.18. The third kappa shape index (κ3) is 1.74. The summed E-state index contributed by atoms with van der Waals surface area (Å²) >= 11 is 0. The normalized spacial score (nSPS) is 10.2. The van der Waals surface area contributed by atoms with Crippen molar-refractivity contribution in [1.29, 1.82) is 0 Å². The van der Waals surface area contributed by atoms with Gasteiger partial charge in [0.15, 0.2) is 5.67 Å². The van der Waals surface area contributed by atoms with E-state index in [9.17, 15) is 9.18 Å². The monoisotopic (exact) mass is 114 g/mol. The molecule has 2 heteroatoms. The molecule has 0 fully saturated rings. The lowest BCUT2D eigenvalue weighted by atomic mass is 10.1. The minimum absolute atomic E-state index is 0.808. The third-order valence-electron chi connectivity index (χ3n) is 0.671. The Hall–Kier alpha value is -0.840. The van der Waals surface area contributed by atoms with Gasteiger partial charge in [-0.3, -0.25) is 4.79 Å². The molecule has 0 aliphatic carbocycles. The zero-order valence-electron chi connectivity index (χ0n) is 4.86. The van der Waals surface area contributed by atoms with Gasteiger partial charge >= 0.3 is 0 Å². The van der Waals surface area contributed by atoms with Crippen LogP contribution in [0.15, 0.2) is 0 Å². The van der Waals surface area contributed by atoms with E-state index >= 15 is 0 Å². The summed E-state index contributed by atoms with van der Waals surface area (Å²) in [4.78, 5) is 10.2. The molecule has 0 amide bonds. The maximum absolute atomic E-state index is 12.3. The molecule has 0 aromatic carbocycles. The zero-order chi connectivity index (χ0) is 6.78. The number of hydrogen-bond acceptors (Lipinski definition) is 1. The minimum Gasteiger partial charge on any atom is -0.281 e. The molecule has 0 atom stereocenters. The molecular weight excluding hydrogens is 107 g/mol. The van der Waals surface area contributed by atoms with Gasteiger partial charge < -0.3 is 0 Å². The Balaban J connectivity index is 4.09. The van der Waals surface area contributed by atoms with Crippen LogP contribution in [0.3, 0.4) is 0 Å². The number of terminal acetylenes is 1. The van der Waals surface area contributed by atoms with Gasteiger partial charge in [-0.15, -0.1) is 6.42 Å². The number of ketones is 1. The Morgan fingerprint density at radius 2 is 2.12 bits per heavy atom. The second-order valence-electron chi connectivity index (χ2n) is 1.95. The van der Waals surface area contributed by atoms with Gasteiger partial charge in [-0.25, -0.2) is 4.39 Å². The fraction of sp³-hybridized carbons (Fsp3) is 0.500. The predicted molar refractivity (Wildman–Crippen MR) is 29.0 cm³/mol. The van der Waals surface area contributed by atoms with Crippen LogP contribution >= 0.6 is 0 Å². The van der Waals surface area contributed by atoms with E-state index < -0.39 is 11.5 Å². The zero-order valence-corrected chi connectivity index (χ0v) is 4.86. The summed E-state index contributed by atoms with van der Waals surface area (Å²) in [7, 11) is 0. The first-order chi connectivity index (χ1) is 3.48. The lowest BCUT2D eigenvalue weighted by molar-refractivity contribution is -0.122. The molecule has 0 saturated heterocycles. The summed E-state index contributed by atoms with van der Waals surface area (Å²) in [5.74, 6) is 0.883. The molecule has 0 spiro atoms. The second-order valence-corrected chi connectivity index (χ2v) is 1.95. The van der Waals surface area contributed by atoms with Gasteiger partial charge in [0.25, 0.3) is 0 Å². The van der Waals surface area contributed by atoms with Crippen LogP contribution in [0.1, 0.15) is 13.8 Å². The fourth-order valence-electron chi connectivity index (χ4n) is 0.172. The van der Waals surface area contributed by atoms with E-state index in [2.05, 4.69) is 6.42 Å². The van der Waals surface area contributed by atoms with Crippen molar-refractivity contribution in [3.8, 4) is 12.3 Å². The SMILES string of the molecule is C#CC(=O)C(C)(C)F. The highest BCUT2D eigenvalue weighted by Gasteiger charge is 2.23. The molecule has 8 heavy (non-hydrogen) atoms. The van der Waals surface area contributed by atoms with Crippen molar-refractivity contribution in [3.05, 3.63) is 0 Å². The Kier molecular flexibility index (Phi) is 1.75. The molecule has 0 aromatic heterocycles. The number of hydrogen-bond donors (Lipinski definition) is 0. The van der Waals surface area contributed by atoms with E-state index in [1.54, 1.807) is 5.92 Å². The highest BCUT2D eigenvalue weighted by atomic mass is 19.1. The van der Waals surface area contributed by atoms with E-state index in [0.29, 0.717) is 0 Å². The average molecular weight is 114 g/mol. The molecule has 0 aliphatic rings. The molecule has 1 nitrogen and oxygen atoms in total. The summed E-state index contributed by atoms with van der Waals surface area (Å²) in [5.41, 5.74) is -1.87. The van der Waals surface area contributed by atoms with Crippen molar-refractivity contribution in [2.75, 3.05) is 0 Å². The molecule has 0 aliphatic heterocycles. The number of carbonyl (C=O) groups is 1. The van der Waals surface area contributed by atoms with Crippen molar-refractivity contribution >= 4 is 5.78 Å². The largest absolute Gasteiger partial charge is 0.281 e. The van der Waals surface area contributed by atoms with Gasteiger partial charge in [0.1, 0.15) is 0 Å². The Bertz CT molecular complexity index is 136. The molecule has 0 saturated carbocycles. The molecule has 0 aromatic rings. The van der Waals surface area contributed by atoms with Crippen molar-refractivity contribution in [2.45, 2.75) is 19.5 Å². The number of Topliss-reactive ketones (excluding diaryl/α,β-unsaturated/α-hetero) is 1. The molecular formula is C6H7FO. The molecule has 0 radical (unpaired) electrons. The molecule has 0 unspecified atom stereocenters. The molecule has 0 bridgehead atoms. The molecule has 0 rings (SSSR count). The Morgan fingerprint density at radius 1 is 1.75 bits per heavy atom. The van der Waals surface area contributed by atoms with Crippen LogP contribution in [-0.2, 0) is 4.79 Å². The van der Waals surface area contributed by atoms with Gasteiger partial charge in [0.05, 0.1) is 0 Å². The lowest BCUT2D eigenvalue weighted by Crippen LogP contribution is -2.23. The van der Waals surface area contributed by atoms with Gasteiger partial charge in [0.2, 0.25) is 5.78 Å². The van der Waals surface area contributed by atoms with E-state index in [4.69, 9.17) is 0 Å². The number of alkyl halides is 1. The Labute approximate surface area is 47.9 Å². The third-order valence-corrected chi connectivity index (χ3v) is 0.671. The van der Waals surface area contributed by atoms with Crippen LogP contribution in [0.25, 0.3) is 0 Å². The lowest BCUT2D eigenvalue weighted by Gasteiger charge is -2.05. The predicted octanol–water partition coefficient (Wildman–Crippen LogP) is 0.937. The Morgan fingerprint density at radius 3 is 2.12 bits per heavy atom. The van der Waals surface area contributed by atoms with Crippen molar-refractivity contribution in [2.24, 2.45) is 0 Å². The maximum atomic E-state index is 12.3. The number of rotatable bonds is 1. The summed E-state index contributed by atoms with van der Waals surface area (Å²) in [6, 6.07) is 0. The van der Waals surface area contributed by atoms with Crippen LogP contribution < -0.4 is 0 Å². The van der Waals surface area contributed by atoms with Crippen LogP contribution in [0, 0.1) is 12.3 Å². The van der Waals surface area contributed by atoms with Crippen molar-refractivity contribution < 1.29 is 9.18 Å². The van der Waals surface area contributed by atoms with Gasteiger partial charge in [-0.05, 0) is 19.8 Å². The van der Waals surface area contributed by atoms with Crippen molar-refractivity contribution in [3.63, 3.8) is 0 Å². The first-order valence-corrected chi connectivity index (χ1v) is 2.18. The van der Waals surface area contributed by atoms with E-state index in [1.807, 2.05) is 0 Å². The summed E-state index contributed by atoms with van der Waals surface area (Å²) in [5, 5.41) is 0. The van der Waals surface area contributed by atoms with Crippen LogP contribution in [0.5, 0.6) is 0 Å². The van der Waals surface area contributed by atoms with E-state index in [0.717, 1.165) is 13.8 Å². The average Bonchev–Trinajstić information content (AvgIpc) is 1.62.